The number of carbonyl (C=O) groups excluding carboxylic acids is 2. The van der Waals surface area contributed by atoms with Crippen LogP contribution in [0.4, 0.5) is 0 Å². The summed E-state index contributed by atoms with van der Waals surface area (Å²) in [6.45, 7) is 13.9. The number of fused-ring (bicyclic) bond motifs is 5. The number of methoxy groups -OCH3 is 1. The molecule has 51 heavy (non-hydrogen) atoms. The second-order valence-electron chi connectivity index (χ2n) is 14.7. The number of hydrogen-bond donors (Lipinski definition) is 1. The highest BCUT2D eigenvalue weighted by Gasteiger charge is 2.34. The molecule has 0 aliphatic carbocycles. The minimum absolute atomic E-state index is 0.0552. The van der Waals surface area contributed by atoms with Crippen molar-refractivity contribution in [1.82, 2.24) is 28.9 Å². The van der Waals surface area contributed by atoms with Gasteiger partial charge < -0.3 is 14.2 Å². The standard InChI is InChI=1S/C39H50N6O5S/c1-10-24(4)35-32-13-11-27(38(46)41-51(48,49)22-23(2)3)17-34(32)45-21-29(15-28-16-30(50-9)12-14-31(28)37(35)45)36-33(18-40-43(36)8)39(47)44-19-25(5)42(7)26(6)20-44/h11-18,23-26H,10,19-22H2,1-9H3,(H,41,46)/t24?,25-,26+. The van der Waals surface area contributed by atoms with E-state index in [1.165, 1.54) is 0 Å². The maximum Gasteiger partial charge on any atom is 0.264 e. The number of carbonyl (C=O) groups is 2. The maximum absolute atomic E-state index is 14.3. The molecule has 6 rings (SSSR count). The topological polar surface area (TPSA) is 119 Å². The smallest absolute Gasteiger partial charge is 0.264 e. The molecule has 3 atom stereocenters. The molecule has 2 aromatic heterocycles. The highest BCUT2D eigenvalue weighted by atomic mass is 32.2. The van der Waals surface area contributed by atoms with E-state index >= 15 is 0 Å². The van der Waals surface area contributed by atoms with Crippen LogP contribution in [0.3, 0.4) is 0 Å². The summed E-state index contributed by atoms with van der Waals surface area (Å²) in [5.74, 6) is -0.119. The molecular formula is C39H50N6O5S. The fourth-order valence-electron chi connectivity index (χ4n) is 7.62. The molecule has 0 spiro atoms. The van der Waals surface area contributed by atoms with Crippen LogP contribution in [0.25, 0.3) is 33.8 Å². The van der Waals surface area contributed by atoms with E-state index in [0.717, 1.165) is 51.0 Å². The quantitative estimate of drug-likeness (QED) is 0.226. The Morgan fingerprint density at radius 2 is 1.73 bits per heavy atom. The van der Waals surface area contributed by atoms with Crippen molar-refractivity contribution in [3.63, 3.8) is 0 Å². The number of nitrogens with zero attached hydrogens (tertiary/aromatic N) is 5. The van der Waals surface area contributed by atoms with E-state index in [9.17, 15) is 18.0 Å². The Morgan fingerprint density at radius 3 is 2.37 bits per heavy atom. The zero-order chi connectivity index (χ0) is 36.9. The number of ether oxygens (including phenoxy) is 1. The minimum Gasteiger partial charge on any atom is -0.497 e. The predicted molar refractivity (Wildman–Crippen MR) is 202 cm³/mol. The second kappa shape index (κ2) is 14.0. The molecule has 0 radical (unpaired) electrons. The van der Waals surface area contributed by atoms with Crippen molar-refractivity contribution >= 4 is 44.4 Å². The first-order chi connectivity index (χ1) is 24.1. The van der Waals surface area contributed by atoms with Crippen molar-refractivity contribution < 1.29 is 22.7 Å². The summed E-state index contributed by atoms with van der Waals surface area (Å²) in [5, 5.41) is 5.60. The number of sulfonamides is 1. The van der Waals surface area contributed by atoms with Crippen molar-refractivity contribution in [2.45, 2.75) is 72.5 Å². The molecule has 4 aromatic rings. The third kappa shape index (κ3) is 6.83. The van der Waals surface area contributed by atoms with Gasteiger partial charge in [-0.1, -0.05) is 33.8 Å². The number of nitrogens with one attached hydrogen (secondary N) is 1. The number of amides is 2. The van der Waals surface area contributed by atoms with E-state index < -0.39 is 15.9 Å². The van der Waals surface area contributed by atoms with E-state index in [1.54, 1.807) is 44.0 Å². The monoisotopic (exact) mass is 714 g/mol. The predicted octanol–water partition coefficient (Wildman–Crippen LogP) is 6.00. The molecule has 2 amide bonds. The third-order valence-electron chi connectivity index (χ3n) is 10.6. The Kier molecular flexibility index (Phi) is 9.95. The van der Waals surface area contributed by atoms with Crippen molar-refractivity contribution in [2.24, 2.45) is 13.0 Å². The van der Waals surface area contributed by atoms with Crippen LogP contribution < -0.4 is 9.46 Å². The van der Waals surface area contributed by atoms with Crippen molar-refractivity contribution in [3.05, 3.63) is 70.5 Å². The lowest BCUT2D eigenvalue weighted by molar-refractivity contribution is 0.0414. The highest BCUT2D eigenvalue weighted by molar-refractivity contribution is 7.90. The number of benzene rings is 2. The Hall–Kier alpha value is -4.42. The number of piperazine rings is 1. The third-order valence-corrected chi connectivity index (χ3v) is 12.2. The van der Waals surface area contributed by atoms with E-state index in [1.807, 2.05) is 30.1 Å². The second-order valence-corrected chi connectivity index (χ2v) is 16.5. The van der Waals surface area contributed by atoms with Gasteiger partial charge in [0.15, 0.2) is 0 Å². The van der Waals surface area contributed by atoms with E-state index in [2.05, 4.69) is 66.2 Å². The molecule has 1 N–H and O–H groups in total. The molecule has 0 saturated carbocycles. The van der Waals surface area contributed by atoms with Gasteiger partial charge in [-0.25, -0.2) is 13.1 Å². The normalized spacial score (nSPS) is 18.6. The zero-order valence-corrected chi connectivity index (χ0v) is 32.0. The van der Waals surface area contributed by atoms with Crippen LogP contribution in [0.2, 0.25) is 0 Å². The molecule has 1 unspecified atom stereocenters. The summed E-state index contributed by atoms with van der Waals surface area (Å²) in [6.07, 6.45) is 4.67. The van der Waals surface area contributed by atoms with Crippen molar-refractivity contribution in [1.29, 1.82) is 0 Å². The van der Waals surface area contributed by atoms with Crippen molar-refractivity contribution in [3.8, 4) is 17.0 Å². The van der Waals surface area contributed by atoms with Gasteiger partial charge in [0.25, 0.3) is 11.8 Å². The van der Waals surface area contributed by atoms with Gasteiger partial charge in [0.1, 0.15) is 5.75 Å². The van der Waals surface area contributed by atoms with Gasteiger partial charge >= 0.3 is 0 Å². The molecule has 2 aromatic carbocycles. The minimum atomic E-state index is -3.81. The van der Waals surface area contributed by atoms with Crippen molar-refractivity contribution in [2.75, 3.05) is 33.0 Å². The van der Waals surface area contributed by atoms with Crippen LogP contribution in [0.15, 0.2) is 42.6 Å². The van der Waals surface area contributed by atoms with E-state index in [-0.39, 0.29) is 41.1 Å². The Morgan fingerprint density at radius 1 is 1.02 bits per heavy atom. The Balaban J connectivity index is 1.54. The zero-order valence-electron chi connectivity index (χ0n) is 31.1. The first kappa shape index (κ1) is 36.4. The Bertz CT molecular complexity index is 2130. The number of allylic oxidation sites excluding steroid dienone is 1. The molecule has 4 heterocycles. The van der Waals surface area contributed by atoms with Crippen LogP contribution in [0, 0.1) is 5.92 Å². The summed E-state index contributed by atoms with van der Waals surface area (Å²) in [4.78, 5) is 32.0. The summed E-state index contributed by atoms with van der Waals surface area (Å²) in [5.41, 5.74) is 7.31. The van der Waals surface area contributed by atoms with Crippen LogP contribution >= 0.6 is 0 Å². The summed E-state index contributed by atoms with van der Waals surface area (Å²) >= 11 is 0. The maximum atomic E-state index is 14.3. The molecule has 1 fully saturated rings. The molecule has 1 saturated heterocycles. The van der Waals surface area contributed by atoms with E-state index in [0.29, 0.717) is 30.9 Å². The van der Waals surface area contributed by atoms with Gasteiger partial charge in [0.05, 0.1) is 42.6 Å². The van der Waals surface area contributed by atoms with Gasteiger partial charge in [-0.15, -0.1) is 0 Å². The van der Waals surface area contributed by atoms with Gasteiger partial charge in [-0.3, -0.25) is 19.2 Å². The van der Waals surface area contributed by atoms with Crippen LogP contribution in [0.5, 0.6) is 5.75 Å². The lowest BCUT2D eigenvalue weighted by Gasteiger charge is -2.42. The number of hydrogen-bond acceptors (Lipinski definition) is 7. The number of likely N-dealkylation sites (N-methyl/N-ethyl adjacent to an activating group) is 1. The fourth-order valence-corrected chi connectivity index (χ4v) is 8.98. The van der Waals surface area contributed by atoms with Gasteiger partial charge in [0, 0.05) is 54.3 Å². The number of aromatic nitrogens is 3. The number of aryl methyl sites for hydroxylation is 1. The average Bonchev–Trinajstić information content (AvgIpc) is 3.56. The summed E-state index contributed by atoms with van der Waals surface area (Å²) in [6, 6.07) is 11.9. The molecule has 11 nitrogen and oxygen atoms in total. The summed E-state index contributed by atoms with van der Waals surface area (Å²) < 4.78 is 37.4. The molecule has 2 aliphatic heterocycles. The Labute approximate surface area is 301 Å². The van der Waals surface area contributed by atoms with Crippen LogP contribution in [-0.2, 0) is 23.6 Å². The van der Waals surface area contributed by atoms with Crippen LogP contribution in [0.1, 0.15) is 91.4 Å². The highest BCUT2D eigenvalue weighted by Crippen LogP contribution is 2.45. The molecule has 12 heteroatoms. The van der Waals surface area contributed by atoms with E-state index in [4.69, 9.17) is 4.74 Å². The molecular weight excluding hydrogens is 665 g/mol. The van der Waals surface area contributed by atoms with Crippen LogP contribution in [-0.4, -0.2) is 89.5 Å². The SMILES string of the molecule is CCC(C)c1c2n(c3cc(C(=O)NS(=O)(=O)CC(C)C)ccc13)CC(c1c(C(=O)N3C[C@@H](C)N(C)[C@@H](C)C3)cnn1C)=Cc1cc(OC)ccc1-2. The summed E-state index contributed by atoms with van der Waals surface area (Å²) in [7, 11) is 1.79. The van der Waals surface area contributed by atoms with Gasteiger partial charge in [0.2, 0.25) is 10.0 Å². The molecule has 272 valence electrons. The van der Waals surface area contributed by atoms with Gasteiger partial charge in [-0.2, -0.15) is 5.10 Å². The fraction of sp³-hybridized carbons (Fsp3) is 0.462. The largest absolute Gasteiger partial charge is 0.497 e. The average molecular weight is 715 g/mol. The van der Waals surface area contributed by atoms with Gasteiger partial charge in [-0.05, 0) is 92.3 Å². The molecule has 2 aliphatic rings. The first-order valence-corrected chi connectivity index (χ1v) is 19.4. The lowest BCUT2D eigenvalue weighted by atomic mass is 9.91. The molecule has 0 bridgehead atoms. The first-order valence-electron chi connectivity index (χ1n) is 17.8. The lowest BCUT2D eigenvalue weighted by Crippen LogP contribution is -2.56. The number of rotatable bonds is 9.